The van der Waals surface area contributed by atoms with E-state index in [1.54, 1.807) is 6.20 Å². The molecule has 1 aliphatic rings. The Hall–Kier alpha value is -3.19. The van der Waals surface area contributed by atoms with Gasteiger partial charge in [0.1, 0.15) is 5.82 Å². The maximum absolute atomic E-state index is 12.8. The first-order chi connectivity index (χ1) is 15.0. The Morgan fingerprint density at radius 3 is 2.55 bits per heavy atom. The number of nitrogens with one attached hydrogen (secondary N) is 1. The molecular weight excluding hydrogens is 388 g/mol. The number of nitrogens with zero attached hydrogens (tertiary/aromatic N) is 5. The number of likely N-dealkylation sites (N-methyl/N-ethyl adjacent to an activating group) is 1. The van der Waals surface area contributed by atoms with Crippen molar-refractivity contribution in [2.75, 3.05) is 38.1 Å². The van der Waals surface area contributed by atoms with Gasteiger partial charge in [0.2, 0.25) is 0 Å². The molecule has 0 bridgehead atoms. The molecule has 4 rings (SSSR count). The maximum Gasteiger partial charge on any atom is 0.253 e. The van der Waals surface area contributed by atoms with Gasteiger partial charge in [-0.25, -0.2) is 4.98 Å². The normalized spacial score (nSPS) is 14.6. The second-order valence-corrected chi connectivity index (χ2v) is 8.19. The lowest BCUT2D eigenvalue weighted by molar-refractivity contribution is 0.0950. The zero-order valence-electron chi connectivity index (χ0n) is 18.5. The molecule has 3 aromatic rings. The van der Waals surface area contributed by atoms with Gasteiger partial charge in [0.05, 0.1) is 17.8 Å². The van der Waals surface area contributed by atoms with Crippen LogP contribution in [0.4, 0.5) is 5.82 Å². The highest BCUT2D eigenvalue weighted by atomic mass is 16.1. The molecule has 0 aliphatic carbocycles. The van der Waals surface area contributed by atoms with Gasteiger partial charge in [-0.15, -0.1) is 0 Å². The Kier molecular flexibility index (Phi) is 6.32. The fourth-order valence-corrected chi connectivity index (χ4v) is 3.95. The molecule has 4 heterocycles. The molecule has 0 atom stereocenters. The quantitative estimate of drug-likeness (QED) is 0.667. The van der Waals surface area contributed by atoms with E-state index in [9.17, 15) is 4.79 Å². The number of pyridine rings is 2. The molecule has 31 heavy (non-hydrogen) atoms. The second-order valence-electron chi connectivity index (χ2n) is 8.19. The Morgan fingerprint density at radius 2 is 1.87 bits per heavy atom. The van der Waals surface area contributed by atoms with Crippen LogP contribution >= 0.6 is 0 Å². The van der Waals surface area contributed by atoms with Gasteiger partial charge in [0.25, 0.3) is 5.91 Å². The topological polar surface area (TPSA) is 66.3 Å². The monoisotopic (exact) mass is 418 g/mol. The molecule has 0 saturated carbocycles. The summed E-state index contributed by atoms with van der Waals surface area (Å²) < 4.78 is 2.13. The van der Waals surface area contributed by atoms with Crippen LogP contribution in [0.2, 0.25) is 0 Å². The van der Waals surface area contributed by atoms with Crippen LogP contribution < -0.4 is 10.2 Å². The number of anilines is 1. The van der Waals surface area contributed by atoms with E-state index in [1.165, 1.54) is 0 Å². The molecule has 1 N–H and O–H groups in total. The minimum Gasteiger partial charge on any atom is -0.354 e. The van der Waals surface area contributed by atoms with Gasteiger partial charge in [-0.3, -0.25) is 9.78 Å². The summed E-state index contributed by atoms with van der Waals surface area (Å²) in [5, 5.41) is 3.04. The molecule has 1 fully saturated rings. The molecule has 3 aromatic heterocycles. The summed E-state index contributed by atoms with van der Waals surface area (Å²) >= 11 is 0. The lowest BCUT2D eigenvalue weighted by Gasteiger charge is -2.33. The van der Waals surface area contributed by atoms with Crippen molar-refractivity contribution in [2.24, 2.45) is 0 Å². The van der Waals surface area contributed by atoms with Crippen LogP contribution in [-0.2, 0) is 13.1 Å². The van der Waals surface area contributed by atoms with E-state index in [1.807, 2.05) is 56.4 Å². The van der Waals surface area contributed by atoms with Crippen LogP contribution in [0, 0.1) is 13.8 Å². The number of carbonyl (C=O) groups excluding carboxylic acids is 1. The molecule has 1 aliphatic heterocycles. The van der Waals surface area contributed by atoms with Crippen LogP contribution in [0.1, 0.15) is 33.0 Å². The highest BCUT2D eigenvalue weighted by molar-refractivity contribution is 5.95. The van der Waals surface area contributed by atoms with Crippen LogP contribution in [0.3, 0.4) is 0 Å². The molecule has 0 spiro atoms. The standard InChI is InChI=1S/C24H30N6O/c1-18-14-22(19(2)30(18)17-21-6-4-5-9-25-21)24(31)27-16-20-7-8-23(26-15-20)29-12-10-28(3)11-13-29/h4-9,14-15H,10-13,16-17H2,1-3H3,(H,27,31). The summed E-state index contributed by atoms with van der Waals surface area (Å²) in [5.74, 6) is 0.935. The van der Waals surface area contributed by atoms with Gasteiger partial charge in [-0.1, -0.05) is 12.1 Å². The van der Waals surface area contributed by atoms with Crippen molar-refractivity contribution in [1.82, 2.24) is 24.8 Å². The molecule has 0 radical (unpaired) electrons. The highest BCUT2D eigenvalue weighted by Crippen LogP contribution is 2.17. The molecule has 1 saturated heterocycles. The number of aryl methyl sites for hydroxylation is 1. The van der Waals surface area contributed by atoms with Crippen LogP contribution in [0.25, 0.3) is 0 Å². The van der Waals surface area contributed by atoms with Gasteiger partial charge >= 0.3 is 0 Å². The fourth-order valence-electron chi connectivity index (χ4n) is 3.95. The summed E-state index contributed by atoms with van der Waals surface area (Å²) in [6, 6.07) is 11.9. The van der Waals surface area contributed by atoms with Crippen LogP contribution in [0.15, 0.2) is 48.8 Å². The van der Waals surface area contributed by atoms with Crippen LogP contribution in [-0.4, -0.2) is 58.6 Å². The zero-order valence-corrected chi connectivity index (χ0v) is 18.5. The minimum absolute atomic E-state index is 0.0662. The smallest absolute Gasteiger partial charge is 0.253 e. The number of hydrogen-bond donors (Lipinski definition) is 1. The van der Waals surface area contributed by atoms with Gasteiger partial charge in [-0.2, -0.15) is 0 Å². The summed E-state index contributed by atoms with van der Waals surface area (Å²) in [5.41, 5.74) is 4.67. The third kappa shape index (κ3) is 4.94. The van der Waals surface area contributed by atoms with Crippen LogP contribution in [0.5, 0.6) is 0 Å². The average Bonchev–Trinajstić information content (AvgIpc) is 3.07. The number of rotatable bonds is 6. The van der Waals surface area contributed by atoms with E-state index >= 15 is 0 Å². The predicted octanol–water partition coefficient (Wildman–Crippen LogP) is 2.63. The lowest BCUT2D eigenvalue weighted by atomic mass is 10.2. The highest BCUT2D eigenvalue weighted by Gasteiger charge is 2.17. The maximum atomic E-state index is 12.8. The first-order valence-corrected chi connectivity index (χ1v) is 10.7. The van der Waals surface area contributed by atoms with Crippen molar-refractivity contribution in [2.45, 2.75) is 26.9 Å². The minimum atomic E-state index is -0.0662. The summed E-state index contributed by atoms with van der Waals surface area (Å²) in [6.45, 7) is 9.21. The summed E-state index contributed by atoms with van der Waals surface area (Å²) in [7, 11) is 2.15. The predicted molar refractivity (Wildman–Crippen MR) is 122 cm³/mol. The number of aromatic nitrogens is 3. The van der Waals surface area contributed by atoms with Crippen molar-refractivity contribution in [1.29, 1.82) is 0 Å². The first kappa shape index (κ1) is 21.1. The third-order valence-corrected chi connectivity index (χ3v) is 5.95. The molecule has 0 unspecified atom stereocenters. The van der Waals surface area contributed by atoms with E-state index in [2.05, 4.69) is 36.7 Å². The first-order valence-electron chi connectivity index (χ1n) is 10.7. The van der Waals surface area contributed by atoms with E-state index in [0.717, 1.165) is 54.6 Å². The van der Waals surface area contributed by atoms with Gasteiger partial charge in [0.15, 0.2) is 0 Å². The van der Waals surface area contributed by atoms with Crippen molar-refractivity contribution in [3.63, 3.8) is 0 Å². The van der Waals surface area contributed by atoms with Gasteiger partial charge in [0, 0.05) is 56.5 Å². The van der Waals surface area contributed by atoms with Crippen molar-refractivity contribution in [3.8, 4) is 0 Å². The van der Waals surface area contributed by atoms with Gasteiger partial charge in [-0.05, 0) is 50.7 Å². The zero-order chi connectivity index (χ0) is 21.8. The molecule has 7 heteroatoms. The second kappa shape index (κ2) is 9.31. The van der Waals surface area contributed by atoms with Crippen molar-refractivity contribution < 1.29 is 4.79 Å². The number of carbonyl (C=O) groups is 1. The molecule has 162 valence electrons. The number of amides is 1. The lowest BCUT2D eigenvalue weighted by Crippen LogP contribution is -2.44. The van der Waals surface area contributed by atoms with E-state index < -0.39 is 0 Å². The van der Waals surface area contributed by atoms with Crippen molar-refractivity contribution >= 4 is 11.7 Å². The average molecular weight is 419 g/mol. The summed E-state index contributed by atoms with van der Waals surface area (Å²) in [4.78, 5) is 26.5. The Bertz CT molecular complexity index is 1020. The van der Waals surface area contributed by atoms with Gasteiger partial charge < -0.3 is 19.7 Å². The molecule has 1 amide bonds. The Morgan fingerprint density at radius 1 is 1.06 bits per heavy atom. The molecule has 0 aromatic carbocycles. The largest absolute Gasteiger partial charge is 0.354 e. The summed E-state index contributed by atoms with van der Waals surface area (Å²) in [6.07, 6.45) is 3.65. The fraction of sp³-hybridized carbons (Fsp3) is 0.375. The molecule has 7 nitrogen and oxygen atoms in total. The Labute approximate surface area is 183 Å². The Balaban J connectivity index is 1.37. The SMILES string of the molecule is Cc1cc(C(=O)NCc2ccc(N3CCN(C)CC3)nc2)c(C)n1Cc1ccccn1. The van der Waals surface area contributed by atoms with Crippen molar-refractivity contribution in [3.05, 3.63) is 77.0 Å². The third-order valence-electron chi connectivity index (χ3n) is 5.95. The number of piperazine rings is 1. The van der Waals surface area contributed by atoms with E-state index in [-0.39, 0.29) is 5.91 Å². The van der Waals surface area contributed by atoms with E-state index in [0.29, 0.717) is 18.7 Å². The number of hydrogen-bond acceptors (Lipinski definition) is 5. The molecular formula is C24H30N6O. The van der Waals surface area contributed by atoms with E-state index in [4.69, 9.17) is 0 Å².